The highest BCUT2D eigenvalue weighted by molar-refractivity contribution is 14.1. The number of hydrogen-bond donors (Lipinski definition) is 1. The number of nitrogens with one attached hydrogen (secondary N) is 1. The topological polar surface area (TPSA) is 73.3 Å². The number of rotatable bonds is 5. The number of methoxy groups -OCH3 is 2. The lowest BCUT2D eigenvalue weighted by molar-refractivity contribution is 0.0597. The summed E-state index contributed by atoms with van der Waals surface area (Å²) in [5.74, 6) is 0.862. The van der Waals surface area contributed by atoms with Gasteiger partial charge in [0.15, 0.2) is 0 Å². The Labute approximate surface area is 156 Å². The Kier molecular flexibility index (Phi) is 5.14. The Bertz CT molecular complexity index is 897. The molecule has 1 aromatic carbocycles. The Morgan fingerprint density at radius 2 is 2.12 bits per heavy atom. The maximum Gasteiger partial charge on any atom is 0.341 e. The molecule has 0 atom stereocenters. The molecule has 0 spiro atoms. The second-order valence-corrected chi connectivity index (χ2v) is 7.81. The number of halogens is 1. The Hall–Kier alpha value is -1.94. The van der Waals surface area contributed by atoms with Gasteiger partial charge in [-0.1, -0.05) is 6.07 Å². The van der Waals surface area contributed by atoms with Crippen LogP contribution in [0.2, 0.25) is 0 Å². The number of esters is 1. The first-order chi connectivity index (χ1) is 11.6. The minimum Gasteiger partial charge on any atom is -0.496 e. The largest absolute Gasteiger partial charge is 0.496 e. The van der Waals surface area contributed by atoms with E-state index >= 15 is 0 Å². The van der Waals surface area contributed by atoms with E-state index in [-0.39, 0.29) is 0 Å². The Balaban J connectivity index is 1.82. The number of hydrogen-bond acceptors (Lipinski definition) is 7. The van der Waals surface area contributed by atoms with Crippen molar-refractivity contribution in [3.63, 3.8) is 0 Å². The van der Waals surface area contributed by atoms with Gasteiger partial charge in [-0.2, -0.15) is 0 Å². The molecule has 0 saturated heterocycles. The maximum absolute atomic E-state index is 11.7. The number of thiophene rings is 1. The lowest BCUT2D eigenvalue weighted by atomic mass is 10.1. The molecule has 3 rings (SSSR count). The summed E-state index contributed by atoms with van der Waals surface area (Å²) >= 11 is 3.92. The number of anilines is 1. The van der Waals surface area contributed by atoms with E-state index < -0.39 is 5.97 Å². The van der Waals surface area contributed by atoms with Crippen molar-refractivity contribution in [2.45, 2.75) is 6.54 Å². The van der Waals surface area contributed by atoms with Crippen molar-refractivity contribution in [2.75, 3.05) is 19.5 Å². The number of benzene rings is 1. The SMILES string of the molecule is COC(=O)c1ccc(CNc2ncnc3cc(I)sc23)cc1OC. The molecule has 2 heterocycles. The maximum atomic E-state index is 11.7. The van der Waals surface area contributed by atoms with Gasteiger partial charge in [-0.05, 0) is 46.4 Å². The van der Waals surface area contributed by atoms with Crippen molar-refractivity contribution < 1.29 is 14.3 Å². The number of fused-ring (bicyclic) bond motifs is 1. The number of nitrogens with zero attached hydrogens (tertiary/aromatic N) is 2. The van der Waals surface area contributed by atoms with Crippen LogP contribution in [0.5, 0.6) is 5.75 Å². The van der Waals surface area contributed by atoms with Crippen molar-refractivity contribution >= 4 is 55.9 Å². The fraction of sp³-hybridized carbons (Fsp3) is 0.188. The van der Waals surface area contributed by atoms with Gasteiger partial charge in [0.25, 0.3) is 0 Å². The Morgan fingerprint density at radius 3 is 2.88 bits per heavy atom. The number of carbonyl (C=O) groups excluding carboxylic acids is 1. The van der Waals surface area contributed by atoms with Crippen LogP contribution in [0, 0.1) is 2.88 Å². The summed E-state index contributed by atoms with van der Waals surface area (Å²) in [6.07, 6.45) is 1.55. The summed E-state index contributed by atoms with van der Waals surface area (Å²) in [6.45, 7) is 0.554. The van der Waals surface area contributed by atoms with Gasteiger partial charge in [0.05, 0.1) is 27.3 Å². The van der Waals surface area contributed by atoms with Crippen LogP contribution in [-0.2, 0) is 11.3 Å². The van der Waals surface area contributed by atoms with E-state index in [4.69, 9.17) is 9.47 Å². The molecule has 0 saturated carbocycles. The van der Waals surface area contributed by atoms with E-state index in [1.54, 1.807) is 23.7 Å². The van der Waals surface area contributed by atoms with E-state index in [2.05, 4.69) is 37.9 Å². The van der Waals surface area contributed by atoms with E-state index in [1.807, 2.05) is 18.2 Å². The molecule has 2 aromatic heterocycles. The third kappa shape index (κ3) is 3.44. The van der Waals surface area contributed by atoms with Gasteiger partial charge in [-0.25, -0.2) is 14.8 Å². The summed E-state index contributed by atoms with van der Waals surface area (Å²) < 4.78 is 12.2. The fourth-order valence-electron chi connectivity index (χ4n) is 2.26. The van der Waals surface area contributed by atoms with Crippen molar-refractivity contribution in [3.05, 3.63) is 44.6 Å². The zero-order chi connectivity index (χ0) is 17.1. The number of ether oxygens (including phenoxy) is 2. The molecule has 124 valence electrons. The predicted molar refractivity (Wildman–Crippen MR) is 102 cm³/mol. The van der Waals surface area contributed by atoms with Crippen molar-refractivity contribution in [3.8, 4) is 5.75 Å². The molecule has 3 aromatic rings. The highest BCUT2D eigenvalue weighted by Crippen LogP contribution is 2.30. The van der Waals surface area contributed by atoms with Gasteiger partial charge in [-0.3, -0.25) is 0 Å². The lowest BCUT2D eigenvalue weighted by Crippen LogP contribution is -2.06. The zero-order valence-corrected chi connectivity index (χ0v) is 16.0. The smallest absolute Gasteiger partial charge is 0.341 e. The van der Waals surface area contributed by atoms with Crippen LogP contribution in [0.15, 0.2) is 30.6 Å². The van der Waals surface area contributed by atoms with Gasteiger partial charge in [-0.15, -0.1) is 11.3 Å². The average Bonchev–Trinajstić information content (AvgIpc) is 2.99. The highest BCUT2D eigenvalue weighted by atomic mass is 127. The lowest BCUT2D eigenvalue weighted by Gasteiger charge is -2.10. The summed E-state index contributed by atoms with van der Waals surface area (Å²) in [5.41, 5.74) is 2.30. The monoisotopic (exact) mass is 455 g/mol. The molecule has 1 N–H and O–H groups in total. The third-order valence-corrected chi connectivity index (χ3v) is 5.30. The zero-order valence-electron chi connectivity index (χ0n) is 13.0. The van der Waals surface area contributed by atoms with Crippen LogP contribution in [0.4, 0.5) is 5.82 Å². The summed E-state index contributed by atoms with van der Waals surface area (Å²) in [7, 11) is 2.88. The third-order valence-electron chi connectivity index (χ3n) is 3.41. The van der Waals surface area contributed by atoms with Crippen LogP contribution in [0.3, 0.4) is 0 Å². The highest BCUT2D eigenvalue weighted by Gasteiger charge is 2.13. The van der Waals surface area contributed by atoms with Crippen LogP contribution in [0.25, 0.3) is 10.2 Å². The molecule has 0 aliphatic carbocycles. The van der Waals surface area contributed by atoms with Crippen LogP contribution >= 0.6 is 33.9 Å². The first-order valence-electron chi connectivity index (χ1n) is 7.01. The second kappa shape index (κ2) is 7.31. The molecule has 6 nitrogen and oxygen atoms in total. The molecule has 0 amide bonds. The molecule has 8 heteroatoms. The summed E-state index contributed by atoms with van der Waals surface area (Å²) in [4.78, 5) is 20.3. The minimum atomic E-state index is -0.419. The first kappa shape index (κ1) is 16.9. The van der Waals surface area contributed by atoms with Crippen LogP contribution < -0.4 is 10.1 Å². The molecule has 0 aliphatic heterocycles. The molecule has 0 bridgehead atoms. The standard InChI is InChI=1S/C16H14IN3O3S/c1-22-12-5-9(3-4-10(12)16(21)23-2)7-18-15-14-11(19-8-20-15)6-13(17)24-14/h3-6,8H,7H2,1-2H3,(H,18,19,20). The van der Waals surface area contributed by atoms with Crippen LogP contribution in [0.1, 0.15) is 15.9 Å². The van der Waals surface area contributed by atoms with Crippen molar-refractivity contribution in [1.29, 1.82) is 0 Å². The van der Waals surface area contributed by atoms with E-state index in [0.29, 0.717) is 17.9 Å². The van der Waals surface area contributed by atoms with Gasteiger partial charge in [0.1, 0.15) is 23.5 Å². The van der Waals surface area contributed by atoms with Gasteiger partial charge in [0, 0.05) is 6.54 Å². The summed E-state index contributed by atoms with van der Waals surface area (Å²) in [6, 6.07) is 7.40. The van der Waals surface area contributed by atoms with Gasteiger partial charge >= 0.3 is 5.97 Å². The van der Waals surface area contributed by atoms with E-state index in [9.17, 15) is 4.79 Å². The molecule has 0 radical (unpaired) electrons. The average molecular weight is 455 g/mol. The van der Waals surface area contributed by atoms with Gasteiger partial charge < -0.3 is 14.8 Å². The van der Waals surface area contributed by atoms with Crippen molar-refractivity contribution in [1.82, 2.24) is 9.97 Å². The van der Waals surface area contributed by atoms with Gasteiger partial charge in [0.2, 0.25) is 0 Å². The minimum absolute atomic E-state index is 0.404. The van der Waals surface area contributed by atoms with E-state index in [1.165, 1.54) is 14.2 Å². The molecule has 0 fully saturated rings. The van der Waals surface area contributed by atoms with Crippen LogP contribution in [-0.4, -0.2) is 30.2 Å². The molecular formula is C16H14IN3O3S. The predicted octanol–water partition coefficient (Wildman–Crippen LogP) is 3.70. The Morgan fingerprint density at radius 1 is 1.29 bits per heavy atom. The molecule has 0 unspecified atom stereocenters. The number of aromatic nitrogens is 2. The molecular weight excluding hydrogens is 441 g/mol. The summed E-state index contributed by atoms with van der Waals surface area (Å²) in [5, 5.41) is 3.32. The molecule has 0 aliphatic rings. The fourth-order valence-corrected chi connectivity index (χ4v) is 4.02. The second-order valence-electron chi connectivity index (χ2n) is 4.87. The normalized spacial score (nSPS) is 10.6. The number of carbonyl (C=O) groups is 1. The quantitative estimate of drug-likeness (QED) is 0.467. The van der Waals surface area contributed by atoms with E-state index in [0.717, 1.165) is 24.5 Å². The van der Waals surface area contributed by atoms with Crippen molar-refractivity contribution in [2.24, 2.45) is 0 Å². The molecule has 24 heavy (non-hydrogen) atoms. The first-order valence-corrected chi connectivity index (χ1v) is 8.91.